The summed E-state index contributed by atoms with van der Waals surface area (Å²) in [4.78, 5) is 11.0. The van der Waals surface area contributed by atoms with Crippen LogP contribution in [-0.2, 0) is 4.79 Å². The fourth-order valence-electron chi connectivity index (χ4n) is 2.06. The van der Waals surface area contributed by atoms with Crippen LogP contribution in [0.3, 0.4) is 0 Å². The number of para-hydroxylation sites is 1. The smallest absolute Gasteiger partial charge is 0.146 e. The van der Waals surface area contributed by atoms with Crippen LogP contribution in [0.5, 0.6) is 5.75 Å². The normalized spacial score (nSPS) is 23.2. The molecule has 86 valence electrons. The summed E-state index contributed by atoms with van der Waals surface area (Å²) in [7, 11) is 0. The lowest BCUT2D eigenvalue weighted by Gasteiger charge is -2.35. The molecule has 0 aromatic heterocycles. The molecule has 0 spiro atoms. The number of hydrogen-bond acceptors (Lipinski definition) is 3. The average molecular weight is 219 g/mol. The first-order valence-corrected chi connectivity index (χ1v) is 5.61. The largest absolute Gasteiger partial charge is 0.485 e. The highest BCUT2D eigenvalue weighted by Crippen LogP contribution is 2.35. The van der Waals surface area contributed by atoms with Gasteiger partial charge in [0, 0.05) is 0 Å². The van der Waals surface area contributed by atoms with E-state index in [2.05, 4.69) is 19.2 Å². The number of anilines is 1. The van der Waals surface area contributed by atoms with Crippen molar-refractivity contribution in [3.8, 4) is 5.75 Å². The van der Waals surface area contributed by atoms with Gasteiger partial charge in [0.15, 0.2) is 0 Å². The van der Waals surface area contributed by atoms with Crippen LogP contribution < -0.4 is 10.1 Å². The van der Waals surface area contributed by atoms with Gasteiger partial charge < -0.3 is 14.8 Å². The van der Waals surface area contributed by atoms with Crippen molar-refractivity contribution < 1.29 is 9.53 Å². The van der Waals surface area contributed by atoms with Gasteiger partial charge in [-0.25, -0.2) is 0 Å². The minimum atomic E-state index is -0.255. The van der Waals surface area contributed by atoms with Crippen LogP contribution in [-0.4, -0.2) is 18.4 Å². The minimum absolute atomic E-state index is 0.0916. The van der Waals surface area contributed by atoms with Crippen molar-refractivity contribution in [2.45, 2.75) is 32.9 Å². The fourth-order valence-corrected chi connectivity index (χ4v) is 2.06. The van der Waals surface area contributed by atoms with E-state index in [1.54, 1.807) is 0 Å². The molecule has 0 amide bonds. The maximum Gasteiger partial charge on any atom is 0.146 e. The van der Waals surface area contributed by atoms with Crippen LogP contribution in [0, 0.1) is 12.8 Å². The third-order valence-corrected chi connectivity index (χ3v) is 2.95. The second kappa shape index (κ2) is 4.16. The zero-order valence-corrected chi connectivity index (χ0v) is 9.86. The van der Waals surface area contributed by atoms with Crippen molar-refractivity contribution in [1.82, 2.24) is 0 Å². The molecule has 2 atom stereocenters. The Morgan fingerprint density at radius 2 is 2.19 bits per heavy atom. The monoisotopic (exact) mass is 219 g/mol. The van der Waals surface area contributed by atoms with Gasteiger partial charge in [0.1, 0.15) is 24.2 Å². The van der Waals surface area contributed by atoms with E-state index in [1.807, 2.05) is 25.1 Å². The molecular formula is C13H17NO2. The highest BCUT2D eigenvalue weighted by atomic mass is 16.5. The molecule has 0 saturated heterocycles. The van der Waals surface area contributed by atoms with Crippen molar-refractivity contribution in [1.29, 1.82) is 0 Å². The van der Waals surface area contributed by atoms with E-state index < -0.39 is 0 Å². The molecule has 0 aliphatic carbocycles. The molecule has 1 aromatic rings. The highest BCUT2D eigenvalue weighted by molar-refractivity contribution is 5.71. The van der Waals surface area contributed by atoms with Crippen molar-refractivity contribution in [3.05, 3.63) is 23.8 Å². The fraction of sp³-hybridized carbons (Fsp3) is 0.462. The van der Waals surface area contributed by atoms with E-state index >= 15 is 0 Å². The predicted octanol–water partition coefficient (Wildman–Crippen LogP) is 2.39. The SMILES string of the molecule is Cc1cccc2c1OC(C(C)C)C(C=O)N2. The molecular weight excluding hydrogens is 202 g/mol. The van der Waals surface area contributed by atoms with Gasteiger partial charge in [-0.3, -0.25) is 0 Å². The standard InChI is InChI=1S/C13H17NO2/c1-8(2)12-11(7-15)14-10-6-4-5-9(3)13(10)16-12/h4-8,11-12,14H,1-3H3. The van der Waals surface area contributed by atoms with Gasteiger partial charge in [0.05, 0.1) is 5.69 Å². The lowest BCUT2D eigenvalue weighted by molar-refractivity contribution is -0.110. The van der Waals surface area contributed by atoms with Crippen molar-refractivity contribution in [2.24, 2.45) is 5.92 Å². The molecule has 0 bridgehead atoms. The number of carbonyl (C=O) groups is 1. The van der Waals surface area contributed by atoms with Crippen LogP contribution in [0.2, 0.25) is 0 Å². The first kappa shape index (κ1) is 11.0. The molecule has 1 aliphatic heterocycles. The van der Waals surface area contributed by atoms with E-state index in [0.29, 0.717) is 5.92 Å². The van der Waals surface area contributed by atoms with E-state index in [1.165, 1.54) is 0 Å². The summed E-state index contributed by atoms with van der Waals surface area (Å²) in [6, 6.07) is 5.66. The van der Waals surface area contributed by atoms with E-state index in [9.17, 15) is 4.79 Å². The zero-order valence-electron chi connectivity index (χ0n) is 9.86. The van der Waals surface area contributed by atoms with Crippen LogP contribution >= 0.6 is 0 Å². The molecule has 0 radical (unpaired) electrons. The van der Waals surface area contributed by atoms with E-state index in [-0.39, 0.29) is 12.1 Å². The van der Waals surface area contributed by atoms with Crippen molar-refractivity contribution >= 4 is 12.0 Å². The number of fused-ring (bicyclic) bond motifs is 1. The van der Waals surface area contributed by atoms with Crippen LogP contribution in [0.25, 0.3) is 0 Å². The molecule has 1 N–H and O–H groups in total. The summed E-state index contributed by atoms with van der Waals surface area (Å²) in [5.74, 6) is 1.18. The molecule has 2 unspecified atom stereocenters. The first-order chi connectivity index (χ1) is 7.63. The minimum Gasteiger partial charge on any atom is -0.485 e. The van der Waals surface area contributed by atoms with Crippen LogP contribution in [0.1, 0.15) is 19.4 Å². The second-order valence-corrected chi connectivity index (χ2v) is 4.58. The van der Waals surface area contributed by atoms with E-state index in [0.717, 1.165) is 23.3 Å². The average Bonchev–Trinajstić information content (AvgIpc) is 2.27. The third-order valence-electron chi connectivity index (χ3n) is 2.95. The Bertz CT molecular complexity index is 401. The maximum atomic E-state index is 11.0. The number of hydrogen-bond donors (Lipinski definition) is 1. The third kappa shape index (κ3) is 1.77. The number of ether oxygens (including phenoxy) is 1. The molecule has 1 aliphatic rings. The van der Waals surface area contributed by atoms with Gasteiger partial charge in [0.2, 0.25) is 0 Å². The summed E-state index contributed by atoms with van der Waals surface area (Å²) in [5, 5.41) is 3.23. The van der Waals surface area contributed by atoms with Crippen LogP contribution in [0.15, 0.2) is 18.2 Å². The highest BCUT2D eigenvalue weighted by Gasteiger charge is 2.32. The van der Waals surface area contributed by atoms with Crippen LogP contribution in [0.4, 0.5) is 5.69 Å². The van der Waals surface area contributed by atoms with E-state index in [4.69, 9.17) is 4.74 Å². The summed E-state index contributed by atoms with van der Waals surface area (Å²) in [6.07, 6.45) is 0.835. The number of carbonyl (C=O) groups excluding carboxylic acids is 1. The summed E-state index contributed by atoms with van der Waals surface area (Å²) in [5.41, 5.74) is 2.01. The summed E-state index contributed by atoms with van der Waals surface area (Å²) in [6.45, 7) is 6.14. The van der Waals surface area contributed by atoms with Gasteiger partial charge in [-0.2, -0.15) is 0 Å². The lowest BCUT2D eigenvalue weighted by atomic mass is 9.97. The first-order valence-electron chi connectivity index (χ1n) is 5.61. The summed E-state index contributed by atoms with van der Waals surface area (Å²) < 4.78 is 5.93. The summed E-state index contributed by atoms with van der Waals surface area (Å²) >= 11 is 0. The molecule has 3 nitrogen and oxygen atoms in total. The van der Waals surface area contributed by atoms with Gasteiger partial charge in [-0.15, -0.1) is 0 Å². The zero-order chi connectivity index (χ0) is 11.7. The molecule has 0 saturated carbocycles. The Kier molecular flexibility index (Phi) is 2.86. The van der Waals surface area contributed by atoms with Crippen molar-refractivity contribution in [2.75, 3.05) is 5.32 Å². The van der Waals surface area contributed by atoms with Gasteiger partial charge in [-0.05, 0) is 24.5 Å². The Hall–Kier alpha value is -1.51. The number of aldehydes is 1. The number of aryl methyl sites for hydroxylation is 1. The molecule has 16 heavy (non-hydrogen) atoms. The predicted molar refractivity (Wildman–Crippen MR) is 63.9 cm³/mol. The number of rotatable bonds is 2. The molecule has 1 aromatic carbocycles. The van der Waals surface area contributed by atoms with Gasteiger partial charge in [-0.1, -0.05) is 26.0 Å². The quantitative estimate of drug-likeness (QED) is 0.776. The Balaban J connectivity index is 2.38. The second-order valence-electron chi connectivity index (χ2n) is 4.58. The Morgan fingerprint density at radius 1 is 1.44 bits per heavy atom. The van der Waals surface area contributed by atoms with Crippen molar-refractivity contribution in [3.63, 3.8) is 0 Å². The maximum absolute atomic E-state index is 11.0. The molecule has 2 rings (SSSR count). The Morgan fingerprint density at radius 3 is 2.81 bits per heavy atom. The molecule has 3 heteroatoms. The molecule has 1 heterocycles. The molecule has 0 fully saturated rings. The number of nitrogens with one attached hydrogen (secondary N) is 1. The van der Waals surface area contributed by atoms with Gasteiger partial charge in [0.25, 0.3) is 0 Å². The number of benzene rings is 1. The lowest BCUT2D eigenvalue weighted by Crippen LogP contribution is -2.45. The van der Waals surface area contributed by atoms with Gasteiger partial charge >= 0.3 is 0 Å². The Labute approximate surface area is 95.8 Å². The topological polar surface area (TPSA) is 38.3 Å².